The molecule has 4 rings (SSSR count). The molecule has 0 N–H and O–H groups in total. The lowest BCUT2D eigenvalue weighted by Crippen LogP contribution is -2.36. The van der Waals surface area contributed by atoms with Crippen LogP contribution in [0.15, 0.2) is 77.7 Å². The zero-order valence-corrected chi connectivity index (χ0v) is 22.5. The van der Waals surface area contributed by atoms with Gasteiger partial charge in [0.25, 0.3) is 5.91 Å². The molecule has 0 aliphatic rings. The molecule has 0 unspecified atom stereocenters. The van der Waals surface area contributed by atoms with Crippen LogP contribution in [0, 0.1) is 6.92 Å². The number of sulfonamides is 1. The Morgan fingerprint density at radius 1 is 0.889 bits per heavy atom. The van der Waals surface area contributed by atoms with E-state index in [9.17, 15) is 13.2 Å². The van der Waals surface area contributed by atoms with Crippen molar-refractivity contribution in [1.29, 1.82) is 0 Å². The predicted molar refractivity (Wildman–Crippen MR) is 146 cm³/mol. The molecule has 188 valence electrons. The maximum atomic E-state index is 13.6. The highest BCUT2D eigenvalue weighted by Gasteiger charge is 2.24. The fourth-order valence-corrected chi connectivity index (χ4v) is 6.03. The molecule has 0 bridgehead atoms. The summed E-state index contributed by atoms with van der Waals surface area (Å²) in [7, 11) is 1.76. The molecular formula is C27H30N4O3S2. The summed E-state index contributed by atoms with van der Waals surface area (Å²) in [6.07, 6.45) is 0. The van der Waals surface area contributed by atoms with Crippen LogP contribution < -0.4 is 4.90 Å². The lowest BCUT2D eigenvalue weighted by atomic mass is 10.2. The number of thiazole rings is 1. The van der Waals surface area contributed by atoms with Gasteiger partial charge in [0.2, 0.25) is 10.0 Å². The van der Waals surface area contributed by atoms with Gasteiger partial charge in [-0.3, -0.25) is 9.69 Å². The molecule has 1 aromatic heterocycles. The molecule has 0 atom stereocenters. The Hall–Kier alpha value is -3.11. The topological polar surface area (TPSA) is 73.8 Å². The van der Waals surface area contributed by atoms with E-state index in [1.54, 1.807) is 24.1 Å². The summed E-state index contributed by atoms with van der Waals surface area (Å²) in [6.45, 7) is 3.40. The molecule has 1 amide bonds. The Bertz CT molecular complexity index is 1450. The van der Waals surface area contributed by atoms with Crippen molar-refractivity contribution in [2.24, 2.45) is 0 Å². The smallest absolute Gasteiger partial charge is 0.260 e. The molecule has 9 heteroatoms. The summed E-state index contributed by atoms with van der Waals surface area (Å²) >= 11 is 1.48. The molecule has 0 saturated heterocycles. The third-order valence-corrected chi connectivity index (χ3v) is 8.78. The van der Waals surface area contributed by atoms with Crippen LogP contribution in [-0.2, 0) is 16.6 Å². The highest BCUT2D eigenvalue weighted by Crippen LogP contribution is 2.31. The minimum Gasteiger partial charge on any atom is -0.308 e. The van der Waals surface area contributed by atoms with Gasteiger partial charge in [0.05, 0.1) is 15.1 Å². The third kappa shape index (κ3) is 5.65. The average Bonchev–Trinajstić information content (AvgIpc) is 3.30. The van der Waals surface area contributed by atoms with E-state index in [0.29, 0.717) is 23.8 Å². The number of nitrogens with zero attached hydrogens (tertiary/aromatic N) is 4. The number of amides is 1. The number of aryl methyl sites for hydroxylation is 1. The highest BCUT2D eigenvalue weighted by molar-refractivity contribution is 7.89. The van der Waals surface area contributed by atoms with Crippen LogP contribution in [0.5, 0.6) is 0 Å². The van der Waals surface area contributed by atoms with Crippen molar-refractivity contribution in [2.75, 3.05) is 39.1 Å². The number of aromatic nitrogens is 1. The standard InChI is InChI=1S/C27H30N4O3S2/c1-20-9-8-12-24-25(20)28-27(35-24)31(18-17-29(2)3)26(32)22-13-15-23(16-14-22)36(33,34)30(4)19-21-10-6-5-7-11-21/h5-16H,17-19H2,1-4H3. The third-order valence-electron chi connectivity index (χ3n) is 5.91. The molecule has 0 radical (unpaired) electrons. The number of benzene rings is 3. The molecule has 7 nitrogen and oxygen atoms in total. The number of hydrogen-bond acceptors (Lipinski definition) is 6. The monoisotopic (exact) mass is 522 g/mol. The van der Waals surface area contributed by atoms with E-state index in [0.717, 1.165) is 21.3 Å². The second-order valence-corrected chi connectivity index (χ2v) is 12.0. The Kier molecular flexibility index (Phi) is 7.85. The fraction of sp³-hybridized carbons (Fsp3) is 0.259. The van der Waals surface area contributed by atoms with E-state index in [4.69, 9.17) is 4.98 Å². The van der Waals surface area contributed by atoms with Crippen molar-refractivity contribution >= 4 is 42.6 Å². The number of likely N-dealkylation sites (N-methyl/N-ethyl adjacent to an activating group) is 1. The maximum absolute atomic E-state index is 13.6. The van der Waals surface area contributed by atoms with Gasteiger partial charge >= 0.3 is 0 Å². The van der Waals surface area contributed by atoms with E-state index >= 15 is 0 Å². The summed E-state index contributed by atoms with van der Waals surface area (Å²) in [4.78, 5) is 22.2. The minimum atomic E-state index is -3.70. The Morgan fingerprint density at radius 3 is 2.22 bits per heavy atom. The van der Waals surface area contributed by atoms with Gasteiger partial charge < -0.3 is 4.90 Å². The van der Waals surface area contributed by atoms with Crippen LogP contribution in [0.4, 0.5) is 5.13 Å². The Labute approximate surface area is 216 Å². The Morgan fingerprint density at radius 2 is 1.58 bits per heavy atom. The molecule has 4 aromatic rings. The van der Waals surface area contributed by atoms with Crippen molar-refractivity contribution < 1.29 is 13.2 Å². The van der Waals surface area contributed by atoms with Crippen molar-refractivity contribution in [1.82, 2.24) is 14.2 Å². The van der Waals surface area contributed by atoms with Crippen LogP contribution in [-0.4, -0.2) is 62.7 Å². The molecule has 1 heterocycles. The van der Waals surface area contributed by atoms with E-state index in [1.165, 1.54) is 27.8 Å². The van der Waals surface area contributed by atoms with Gasteiger partial charge in [-0.15, -0.1) is 0 Å². The molecule has 3 aromatic carbocycles. The van der Waals surface area contributed by atoms with Gasteiger partial charge in [-0.25, -0.2) is 13.4 Å². The number of rotatable bonds is 9. The molecular weight excluding hydrogens is 492 g/mol. The minimum absolute atomic E-state index is 0.146. The van der Waals surface area contributed by atoms with Gasteiger partial charge in [0.15, 0.2) is 5.13 Å². The lowest BCUT2D eigenvalue weighted by Gasteiger charge is -2.22. The first-order chi connectivity index (χ1) is 17.2. The second-order valence-electron chi connectivity index (χ2n) is 8.95. The van der Waals surface area contributed by atoms with Crippen molar-refractivity contribution in [3.8, 4) is 0 Å². The molecule has 0 aliphatic heterocycles. The number of anilines is 1. The first kappa shape index (κ1) is 26.0. The van der Waals surface area contributed by atoms with Gasteiger partial charge in [-0.1, -0.05) is 53.8 Å². The van der Waals surface area contributed by atoms with Gasteiger partial charge in [0, 0.05) is 32.2 Å². The van der Waals surface area contributed by atoms with Crippen LogP contribution in [0.25, 0.3) is 10.2 Å². The average molecular weight is 523 g/mol. The molecule has 0 fully saturated rings. The Balaban J connectivity index is 1.59. The van der Waals surface area contributed by atoms with Gasteiger partial charge in [-0.05, 0) is 62.5 Å². The van der Waals surface area contributed by atoms with Crippen LogP contribution in [0.1, 0.15) is 21.5 Å². The van der Waals surface area contributed by atoms with Crippen molar-refractivity contribution in [2.45, 2.75) is 18.4 Å². The fourth-order valence-electron chi connectivity index (χ4n) is 3.80. The number of fused-ring (bicyclic) bond motifs is 1. The van der Waals surface area contributed by atoms with E-state index in [1.807, 2.05) is 74.4 Å². The summed E-state index contributed by atoms with van der Waals surface area (Å²) in [5.74, 6) is -0.213. The van der Waals surface area contributed by atoms with Crippen LogP contribution in [0.2, 0.25) is 0 Å². The van der Waals surface area contributed by atoms with Crippen LogP contribution in [0.3, 0.4) is 0 Å². The number of para-hydroxylation sites is 1. The van der Waals surface area contributed by atoms with Crippen molar-refractivity contribution in [3.63, 3.8) is 0 Å². The first-order valence-electron chi connectivity index (χ1n) is 11.6. The van der Waals surface area contributed by atoms with Gasteiger partial charge in [-0.2, -0.15) is 4.31 Å². The van der Waals surface area contributed by atoms with Crippen molar-refractivity contribution in [3.05, 3.63) is 89.5 Å². The van der Waals surface area contributed by atoms with Gasteiger partial charge in [0.1, 0.15) is 0 Å². The first-order valence-corrected chi connectivity index (χ1v) is 13.9. The zero-order valence-electron chi connectivity index (χ0n) is 20.9. The highest BCUT2D eigenvalue weighted by atomic mass is 32.2. The zero-order chi connectivity index (χ0) is 25.9. The second kappa shape index (κ2) is 10.9. The molecule has 0 aliphatic carbocycles. The maximum Gasteiger partial charge on any atom is 0.260 e. The number of hydrogen-bond donors (Lipinski definition) is 0. The number of carbonyl (C=O) groups is 1. The number of carbonyl (C=O) groups excluding carboxylic acids is 1. The molecule has 0 spiro atoms. The summed E-state index contributed by atoms with van der Waals surface area (Å²) < 4.78 is 28.5. The molecule has 36 heavy (non-hydrogen) atoms. The predicted octanol–water partition coefficient (Wildman–Crippen LogP) is 4.63. The lowest BCUT2D eigenvalue weighted by molar-refractivity contribution is 0.0985. The summed E-state index contributed by atoms with van der Waals surface area (Å²) in [5, 5.41) is 0.630. The largest absolute Gasteiger partial charge is 0.308 e. The van der Waals surface area contributed by atoms with Crippen LogP contribution >= 0.6 is 11.3 Å². The SMILES string of the molecule is Cc1cccc2sc(N(CCN(C)C)C(=O)c3ccc(S(=O)(=O)N(C)Cc4ccccc4)cc3)nc12. The quantitative estimate of drug-likeness (QED) is 0.320. The van der Waals surface area contributed by atoms with E-state index in [-0.39, 0.29) is 17.3 Å². The molecule has 0 saturated carbocycles. The summed E-state index contributed by atoms with van der Waals surface area (Å²) in [6, 6.07) is 21.6. The normalized spacial score (nSPS) is 11.9. The van der Waals surface area contributed by atoms with E-state index in [2.05, 4.69) is 0 Å². The summed E-state index contributed by atoms with van der Waals surface area (Å²) in [5.41, 5.74) is 3.26. The van der Waals surface area contributed by atoms with E-state index < -0.39 is 10.0 Å².